The molecule has 1 nitrogen and oxygen atoms in total. The number of rotatable bonds is 3. The molecule has 1 heterocycles. The zero-order valence-corrected chi connectivity index (χ0v) is 11.9. The van der Waals surface area contributed by atoms with Crippen molar-refractivity contribution in [3.8, 4) is 0 Å². The molecule has 2 aromatic rings. The molecule has 0 radical (unpaired) electrons. The zero-order chi connectivity index (χ0) is 12.5. The molecule has 1 atom stereocenters. The Labute approximate surface area is 117 Å². The molecule has 1 aliphatic carbocycles. The summed E-state index contributed by atoms with van der Waals surface area (Å²) in [5.74, 6) is 0. The second-order valence-electron chi connectivity index (χ2n) is 4.95. The fourth-order valence-electron chi connectivity index (χ4n) is 2.68. The van der Waals surface area contributed by atoms with Gasteiger partial charge in [0.05, 0.1) is 4.34 Å². The molecule has 0 fully saturated rings. The molecule has 0 saturated heterocycles. The fraction of sp³-hybridized carbons (Fsp3) is 0.333. The smallest absolute Gasteiger partial charge is 0.0931 e. The second-order valence-corrected chi connectivity index (χ2v) is 6.49. The summed E-state index contributed by atoms with van der Waals surface area (Å²) >= 11 is 7.59. The van der Waals surface area contributed by atoms with Gasteiger partial charge >= 0.3 is 0 Å². The van der Waals surface area contributed by atoms with Gasteiger partial charge in [-0.15, -0.1) is 11.3 Å². The molecule has 0 saturated carbocycles. The average Bonchev–Trinajstić information content (AvgIpc) is 2.94. The summed E-state index contributed by atoms with van der Waals surface area (Å²) in [5.41, 5.74) is 4.28. The van der Waals surface area contributed by atoms with Crippen LogP contribution in [0.25, 0.3) is 0 Å². The number of thiophene rings is 1. The molecule has 1 aromatic heterocycles. The van der Waals surface area contributed by atoms with Crippen molar-refractivity contribution in [1.29, 1.82) is 0 Å². The van der Waals surface area contributed by atoms with E-state index in [1.807, 2.05) is 0 Å². The summed E-state index contributed by atoms with van der Waals surface area (Å²) in [7, 11) is 0. The quantitative estimate of drug-likeness (QED) is 0.886. The third-order valence-electron chi connectivity index (χ3n) is 3.62. The van der Waals surface area contributed by atoms with E-state index >= 15 is 0 Å². The van der Waals surface area contributed by atoms with Crippen molar-refractivity contribution in [3.05, 3.63) is 56.7 Å². The van der Waals surface area contributed by atoms with E-state index < -0.39 is 0 Å². The maximum Gasteiger partial charge on any atom is 0.0931 e. The fourth-order valence-corrected chi connectivity index (χ4v) is 3.66. The Balaban J connectivity index is 1.66. The van der Waals surface area contributed by atoms with E-state index in [2.05, 4.69) is 48.0 Å². The van der Waals surface area contributed by atoms with Gasteiger partial charge in [-0.3, -0.25) is 0 Å². The summed E-state index contributed by atoms with van der Waals surface area (Å²) in [6.07, 6.45) is 2.27. The van der Waals surface area contributed by atoms with Gasteiger partial charge < -0.3 is 5.32 Å². The van der Waals surface area contributed by atoms with Gasteiger partial charge in [-0.25, -0.2) is 0 Å². The van der Waals surface area contributed by atoms with Crippen LogP contribution in [0.5, 0.6) is 0 Å². The van der Waals surface area contributed by atoms with Gasteiger partial charge in [0.1, 0.15) is 0 Å². The molecule has 0 amide bonds. The number of halogens is 1. The molecule has 18 heavy (non-hydrogen) atoms. The lowest BCUT2D eigenvalue weighted by atomic mass is 10.1. The van der Waals surface area contributed by atoms with Crippen LogP contribution in [0.15, 0.2) is 35.7 Å². The first kappa shape index (κ1) is 12.2. The SMILES string of the molecule is CC(NC1Cc2ccccc2C1)c1csc(Cl)c1. The highest BCUT2D eigenvalue weighted by Crippen LogP contribution is 2.27. The molecule has 94 valence electrons. The molecule has 3 rings (SSSR count). The molecule has 1 aliphatic rings. The lowest BCUT2D eigenvalue weighted by molar-refractivity contribution is 0.468. The predicted molar refractivity (Wildman–Crippen MR) is 78.5 cm³/mol. The molecular formula is C15H16ClNS. The van der Waals surface area contributed by atoms with Gasteiger partial charge in [-0.1, -0.05) is 35.9 Å². The summed E-state index contributed by atoms with van der Waals surface area (Å²) in [4.78, 5) is 0. The van der Waals surface area contributed by atoms with Crippen LogP contribution >= 0.6 is 22.9 Å². The van der Waals surface area contributed by atoms with E-state index in [0.29, 0.717) is 12.1 Å². The molecule has 1 aromatic carbocycles. The highest BCUT2D eigenvalue weighted by Gasteiger charge is 2.22. The molecule has 1 unspecified atom stereocenters. The van der Waals surface area contributed by atoms with E-state index in [9.17, 15) is 0 Å². The lowest BCUT2D eigenvalue weighted by Crippen LogP contribution is -2.31. The van der Waals surface area contributed by atoms with Crippen LogP contribution < -0.4 is 5.32 Å². The first-order valence-corrected chi connectivity index (χ1v) is 7.55. The lowest BCUT2D eigenvalue weighted by Gasteiger charge is -2.18. The van der Waals surface area contributed by atoms with Gasteiger partial charge in [0, 0.05) is 12.1 Å². The van der Waals surface area contributed by atoms with Crippen molar-refractivity contribution >= 4 is 22.9 Å². The summed E-state index contributed by atoms with van der Waals surface area (Å²) < 4.78 is 0.869. The van der Waals surface area contributed by atoms with E-state index in [4.69, 9.17) is 11.6 Å². The maximum absolute atomic E-state index is 5.98. The predicted octanol–water partition coefficient (Wildman–Crippen LogP) is 4.22. The molecule has 3 heteroatoms. The summed E-state index contributed by atoms with van der Waals surface area (Å²) in [5, 5.41) is 5.84. The van der Waals surface area contributed by atoms with Gasteiger partial charge in [0.2, 0.25) is 0 Å². The molecule has 0 spiro atoms. The van der Waals surface area contributed by atoms with Crippen LogP contribution in [-0.2, 0) is 12.8 Å². The molecule has 1 N–H and O–H groups in total. The largest absolute Gasteiger partial charge is 0.307 e. The van der Waals surface area contributed by atoms with Crippen LogP contribution in [0.3, 0.4) is 0 Å². The molecule has 0 aliphatic heterocycles. The molecule has 0 bridgehead atoms. The van der Waals surface area contributed by atoms with Crippen molar-refractivity contribution < 1.29 is 0 Å². The maximum atomic E-state index is 5.98. The highest BCUT2D eigenvalue weighted by molar-refractivity contribution is 7.14. The summed E-state index contributed by atoms with van der Waals surface area (Å²) in [6.45, 7) is 2.21. The first-order valence-electron chi connectivity index (χ1n) is 6.29. The number of nitrogens with one attached hydrogen (secondary N) is 1. The van der Waals surface area contributed by atoms with Gasteiger partial charge in [-0.05, 0) is 47.9 Å². The van der Waals surface area contributed by atoms with Crippen LogP contribution in [-0.4, -0.2) is 6.04 Å². The van der Waals surface area contributed by atoms with Crippen LogP contribution in [0.2, 0.25) is 4.34 Å². The Bertz CT molecular complexity index is 524. The topological polar surface area (TPSA) is 12.0 Å². The van der Waals surface area contributed by atoms with Crippen LogP contribution in [0.1, 0.15) is 29.7 Å². The number of benzene rings is 1. The molecular weight excluding hydrogens is 262 g/mol. The van der Waals surface area contributed by atoms with Crippen molar-refractivity contribution in [3.63, 3.8) is 0 Å². The highest BCUT2D eigenvalue weighted by atomic mass is 35.5. The van der Waals surface area contributed by atoms with Crippen molar-refractivity contribution in [2.45, 2.75) is 31.8 Å². The normalized spacial score (nSPS) is 16.8. The standard InChI is InChI=1S/C15H16ClNS/c1-10(13-8-15(16)18-9-13)17-14-6-11-4-2-3-5-12(11)7-14/h2-5,8-10,14,17H,6-7H2,1H3. The minimum atomic E-state index is 0.369. The average molecular weight is 278 g/mol. The Hall–Kier alpha value is -0.830. The Morgan fingerprint density at radius 1 is 1.28 bits per heavy atom. The number of fused-ring (bicyclic) bond motifs is 1. The monoisotopic (exact) mass is 277 g/mol. The van der Waals surface area contributed by atoms with E-state index in [0.717, 1.165) is 17.2 Å². The van der Waals surface area contributed by atoms with Crippen LogP contribution in [0.4, 0.5) is 0 Å². The third kappa shape index (κ3) is 2.46. The Morgan fingerprint density at radius 3 is 2.50 bits per heavy atom. The Kier molecular flexibility index (Phi) is 3.42. The van der Waals surface area contributed by atoms with E-state index in [1.54, 1.807) is 11.3 Å². The van der Waals surface area contributed by atoms with E-state index in [-0.39, 0.29) is 0 Å². The zero-order valence-electron chi connectivity index (χ0n) is 10.3. The first-order chi connectivity index (χ1) is 8.72. The minimum Gasteiger partial charge on any atom is -0.307 e. The van der Waals surface area contributed by atoms with Crippen molar-refractivity contribution in [1.82, 2.24) is 5.32 Å². The van der Waals surface area contributed by atoms with Gasteiger partial charge in [0.25, 0.3) is 0 Å². The van der Waals surface area contributed by atoms with Crippen molar-refractivity contribution in [2.75, 3.05) is 0 Å². The second kappa shape index (κ2) is 5.04. The minimum absolute atomic E-state index is 0.369. The van der Waals surface area contributed by atoms with Crippen LogP contribution in [0, 0.1) is 0 Å². The number of hydrogen-bond acceptors (Lipinski definition) is 2. The van der Waals surface area contributed by atoms with Gasteiger partial charge in [0.15, 0.2) is 0 Å². The van der Waals surface area contributed by atoms with Gasteiger partial charge in [-0.2, -0.15) is 0 Å². The van der Waals surface area contributed by atoms with E-state index in [1.165, 1.54) is 16.7 Å². The Morgan fingerprint density at radius 2 is 1.94 bits per heavy atom. The van der Waals surface area contributed by atoms with Crippen molar-refractivity contribution in [2.24, 2.45) is 0 Å². The number of hydrogen-bond donors (Lipinski definition) is 1. The third-order valence-corrected chi connectivity index (χ3v) is 4.73. The summed E-state index contributed by atoms with van der Waals surface area (Å²) in [6, 6.07) is 11.7.